The van der Waals surface area contributed by atoms with Crippen molar-refractivity contribution >= 4 is 5.91 Å². The molecule has 1 N–H and O–H groups in total. The van der Waals surface area contributed by atoms with Gasteiger partial charge in [-0.15, -0.1) is 0 Å². The van der Waals surface area contributed by atoms with E-state index < -0.39 is 0 Å². The number of amides is 1. The number of ether oxygens (including phenoxy) is 1. The molecule has 4 heteroatoms. The first-order valence-corrected chi connectivity index (χ1v) is 5.53. The maximum Gasteiger partial charge on any atom is 0.224 e. The van der Waals surface area contributed by atoms with Crippen molar-refractivity contribution in [3.8, 4) is 11.8 Å². The summed E-state index contributed by atoms with van der Waals surface area (Å²) in [5.41, 5.74) is 0.948. The fourth-order valence-corrected chi connectivity index (χ4v) is 1.39. The van der Waals surface area contributed by atoms with E-state index in [4.69, 9.17) is 10.00 Å². The largest absolute Gasteiger partial charge is 0.497 e. The average molecular weight is 232 g/mol. The second-order valence-corrected chi connectivity index (χ2v) is 3.64. The Labute approximate surface area is 101 Å². The van der Waals surface area contributed by atoms with Crippen LogP contribution in [0.2, 0.25) is 0 Å². The molecule has 0 unspecified atom stereocenters. The molecule has 0 aliphatic carbocycles. The summed E-state index contributed by atoms with van der Waals surface area (Å²) < 4.78 is 5.03. The molecule has 0 heterocycles. The van der Waals surface area contributed by atoms with Gasteiger partial charge in [0.1, 0.15) is 5.75 Å². The Balaban J connectivity index is 2.32. The lowest BCUT2D eigenvalue weighted by atomic mass is 10.1. The zero-order valence-corrected chi connectivity index (χ0v) is 9.90. The normalized spacial score (nSPS) is 9.41. The van der Waals surface area contributed by atoms with E-state index in [-0.39, 0.29) is 5.91 Å². The molecule has 1 aromatic rings. The zero-order valence-electron chi connectivity index (χ0n) is 9.90. The number of nitrogens with one attached hydrogen (secondary N) is 1. The van der Waals surface area contributed by atoms with E-state index in [0.717, 1.165) is 11.3 Å². The van der Waals surface area contributed by atoms with Crippen LogP contribution >= 0.6 is 0 Å². The maximum absolute atomic E-state index is 11.5. The molecule has 1 aromatic carbocycles. The molecule has 0 bridgehead atoms. The highest BCUT2D eigenvalue weighted by Crippen LogP contribution is 2.11. The molecule has 0 aliphatic heterocycles. The molecule has 0 atom stereocenters. The molecular weight excluding hydrogens is 216 g/mol. The maximum atomic E-state index is 11.5. The first-order chi connectivity index (χ1) is 8.26. The van der Waals surface area contributed by atoms with Gasteiger partial charge in [-0.2, -0.15) is 5.26 Å². The van der Waals surface area contributed by atoms with Gasteiger partial charge in [-0.05, 0) is 24.1 Å². The fourth-order valence-electron chi connectivity index (χ4n) is 1.39. The topological polar surface area (TPSA) is 62.1 Å². The van der Waals surface area contributed by atoms with Gasteiger partial charge in [-0.1, -0.05) is 12.1 Å². The van der Waals surface area contributed by atoms with Gasteiger partial charge >= 0.3 is 0 Å². The molecule has 17 heavy (non-hydrogen) atoms. The molecule has 0 spiro atoms. The van der Waals surface area contributed by atoms with Crippen LogP contribution in [-0.4, -0.2) is 19.6 Å². The Morgan fingerprint density at radius 1 is 1.41 bits per heavy atom. The molecule has 90 valence electrons. The van der Waals surface area contributed by atoms with Crippen LogP contribution in [0, 0.1) is 11.3 Å². The van der Waals surface area contributed by atoms with Crippen molar-refractivity contribution in [2.24, 2.45) is 0 Å². The smallest absolute Gasteiger partial charge is 0.224 e. The quantitative estimate of drug-likeness (QED) is 0.759. The minimum atomic E-state index is -0.0203. The van der Waals surface area contributed by atoms with Gasteiger partial charge in [0, 0.05) is 13.0 Å². The third kappa shape index (κ3) is 5.03. The number of unbranched alkanes of at least 4 members (excludes halogenated alkanes) is 1. The first kappa shape index (κ1) is 13.0. The number of nitrogens with zero attached hydrogens (tertiary/aromatic N) is 1. The summed E-state index contributed by atoms with van der Waals surface area (Å²) in [6, 6.07) is 9.44. The van der Waals surface area contributed by atoms with Crippen molar-refractivity contribution in [3.05, 3.63) is 29.8 Å². The summed E-state index contributed by atoms with van der Waals surface area (Å²) in [7, 11) is 1.61. The van der Waals surface area contributed by atoms with Crippen molar-refractivity contribution in [3.63, 3.8) is 0 Å². The lowest BCUT2D eigenvalue weighted by Crippen LogP contribution is -2.25. The van der Waals surface area contributed by atoms with Crippen LogP contribution in [0.1, 0.15) is 18.4 Å². The lowest BCUT2D eigenvalue weighted by Gasteiger charge is -2.05. The highest BCUT2D eigenvalue weighted by molar-refractivity contribution is 5.78. The molecule has 0 aromatic heterocycles. The predicted molar refractivity (Wildman–Crippen MR) is 64.6 cm³/mol. The molecule has 0 saturated heterocycles. The third-order valence-electron chi connectivity index (χ3n) is 2.31. The first-order valence-electron chi connectivity index (χ1n) is 5.53. The van der Waals surface area contributed by atoms with Gasteiger partial charge in [-0.25, -0.2) is 0 Å². The molecule has 0 radical (unpaired) electrons. The Bertz CT molecular complexity index is 393. The van der Waals surface area contributed by atoms with Gasteiger partial charge < -0.3 is 10.1 Å². The predicted octanol–water partition coefficient (Wildman–Crippen LogP) is 1.66. The number of methoxy groups -OCH3 is 1. The summed E-state index contributed by atoms with van der Waals surface area (Å²) >= 11 is 0. The Morgan fingerprint density at radius 3 is 2.71 bits per heavy atom. The Morgan fingerprint density at radius 2 is 2.12 bits per heavy atom. The summed E-state index contributed by atoms with van der Waals surface area (Å²) in [5.74, 6) is 0.760. The SMILES string of the molecule is COc1ccc(CC(=O)NCCCC#N)cc1. The number of hydrogen-bond donors (Lipinski definition) is 1. The van der Waals surface area contributed by atoms with Crippen LogP contribution in [0.15, 0.2) is 24.3 Å². The van der Waals surface area contributed by atoms with Crippen molar-refractivity contribution in [2.45, 2.75) is 19.3 Å². The molecule has 0 fully saturated rings. The third-order valence-corrected chi connectivity index (χ3v) is 2.31. The number of benzene rings is 1. The summed E-state index contributed by atoms with van der Waals surface area (Å²) in [6.07, 6.45) is 1.53. The van der Waals surface area contributed by atoms with E-state index >= 15 is 0 Å². The van der Waals surface area contributed by atoms with Gasteiger partial charge in [0.25, 0.3) is 0 Å². The van der Waals surface area contributed by atoms with E-state index in [2.05, 4.69) is 5.32 Å². The Kier molecular flexibility index (Phi) is 5.59. The van der Waals surface area contributed by atoms with Crippen LogP contribution in [0.3, 0.4) is 0 Å². The second kappa shape index (κ2) is 7.29. The van der Waals surface area contributed by atoms with Crippen LogP contribution in [0.25, 0.3) is 0 Å². The van der Waals surface area contributed by atoms with E-state index in [9.17, 15) is 4.79 Å². The molecule has 0 saturated carbocycles. The number of rotatable bonds is 6. The van der Waals surface area contributed by atoms with Gasteiger partial charge in [0.15, 0.2) is 0 Å². The Hall–Kier alpha value is -2.02. The fraction of sp³-hybridized carbons (Fsp3) is 0.385. The number of nitriles is 1. The monoisotopic (exact) mass is 232 g/mol. The average Bonchev–Trinajstić information content (AvgIpc) is 2.36. The number of carbonyl (C=O) groups is 1. The van der Waals surface area contributed by atoms with Crippen molar-refractivity contribution in [1.29, 1.82) is 5.26 Å². The summed E-state index contributed by atoms with van der Waals surface area (Å²) in [4.78, 5) is 11.5. The zero-order chi connectivity index (χ0) is 12.5. The van der Waals surface area contributed by atoms with Crippen LogP contribution in [0.5, 0.6) is 5.75 Å². The minimum Gasteiger partial charge on any atom is -0.497 e. The summed E-state index contributed by atoms with van der Waals surface area (Å²) in [5, 5.41) is 11.1. The van der Waals surface area contributed by atoms with Crippen molar-refractivity contribution < 1.29 is 9.53 Å². The highest BCUT2D eigenvalue weighted by Gasteiger charge is 2.02. The van der Waals surface area contributed by atoms with E-state index in [1.165, 1.54) is 0 Å². The highest BCUT2D eigenvalue weighted by atomic mass is 16.5. The molecule has 4 nitrogen and oxygen atoms in total. The second-order valence-electron chi connectivity index (χ2n) is 3.64. The minimum absolute atomic E-state index is 0.0203. The van der Waals surface area contributed by atoms with Gasteiger partial charge in [-0.3, -0.25) is 4.79 Å². The van der Waals surface area contributed by atoms with Crippen LogP contribution in [0.4, 0.5) is 0 Å². The standard InChI is InChI=1S/C13H16N2O2/c1-17-12-6-4-11(5-7-12)10-13(16)15-9-3-2-8-14/h4-7H,2-3,9-10H2,1H3,(H,15,16). The summed E-state index contributed by atoms with van der Waals surface area (Å²) in [6.45, 7) is 0.558. The van der Waals surface area contributed by atoms with E-state index in [1.807, 2.05) is 30.3 Å². The molecule has 1 rings (SSSR count). The number of hydrogen-bond acceptors (Lipinski definition) is 3. The van der Waals surface area contributed by atoms with Crippen LogP contribution < -0.4 is 10.1 Å². The molecular formula is C13H16N2O2. The molecule has 1 amide bonds. The molecule has 0 aliphatic rings. The lowest BCUT2D eigenvalue weighted by molar-refractivity contribution is -0.120. The van der Waals surface area contributed by atoms with E-state index in [0.29, 0.717) is 25.8 Å². The van der Waals surface area contributed by atoms with Gasteiger partial charge in [0.05, 0.1) is 19.6 Å². The number of carbonyl (C=O) groups excluding carboxylic acids is 1. The van der Waals surface area contributed by atoms with Crippen molar-refractivity contribution in [2.75, 3.05) is 13.7 Å². The van der Waals surface area contributed by atoms with Crippen molar-refractivity contribution in [1.82, 2.24) is 5.32 Å². The van der Waals surface area contributed by atoms with Gasteiger partial charge in [0.2, 0.25) is 5.91 Å². The van der Waals surface area contributed by atoms with Crippen LogP contribution in [-0.2, 0) is 11.2 Å². The van der Waals surface area contributed by atoms with E-state index in [1.54, 1.807) is 7.11 Å².